The summed E-state index contributed by atoms with van der Waals surface area (Å²) in [7, 11) is 2.13. The number of nitrogens with one attached hydrogen (secondary N) is 1. The molecule has 0 aromatic heterocycles. The minimum atomic E-state index is 0.568. The highest BCUT2D eigenvalue weighted by Gasteiger charge is 2.37. The van der Waals surface area contributed by atoms with E-state index in [1.165, 1.54) is 64.6 Å². The minimum absolute atomic E-state index is 0.568. The zero-order valence-corrected chi connectivity index (χ0v) is 12.7. The van der Waals surface area contributed by atoms with E-state index in [0.29, 0.717) is 5.41 Å². The second-order valence-corrected chi connectivity index (χ2v) is 6.89. The van der Waals surface area contributed by atoms with Gasteiger partial charge in [0.1, 0.15) is 0 Å². The molecule has 2 aliphatic rings. The Morgan fingerprint density at radius 2 is 1.94 bits per heavy atom. The molecule has 1 saturated carbocycles. The lowest BCUT2D eigenvalue weighted by Gasteiger charge is -2.43. The van der Waals surface area contributed by atoms with Crippen molar-refractivity contribution in [1.82, 2.24) is 10.2 Å². The van der Waals surface area contributed by atoms with Crippen molar-refractivity contribution in [3.8, 4) is 0 Å². The Hall–Kier alpha value is -0.0800. The number of likely N-dealkylation sites (tertiary alicyclic amines) is 1. The van der Waals surface area contributed by atoms with Gasteiger partial charge in [0.2, 0.25) is 0 Å². The normalized spacial score (nSPS) is 38.2. The first-order chi connectivity index (χ1) is 8.69. The Morgan fingerprint density at radius 1 is 1.22 bits per heavy atom. The molecule has 106 valence electrons. The van der Waals surface area contributed by atoms with Gasteiger partial charge in [-0.2, -0.15) is 0 Å². The topological polar surface area (TPSA) is 15.3 Å². The van der Waals surface area contributed by atoms with Crippen LogP contribution in [-0.4, -0.2) is 37.6 Å². The summed E-state index contributed by atoms with van der Waals surface area (Å²) in [6, 6.07) is 0.873. The summed E-state index contributed by atoms with van der Waals surface area (Å²) in [6.07, 6.45) is 9.93. The van der Waals surface area contributed by atoms with Crippen LogP contribution in [0.1, 0.15) is 58.8 Å². The van der Waals surface area contributed by atoms with Gasteiger partial charge in [-0.05, 0) is 57.0 Å². The van der Waals surface area contributed by atoms with E-state index in [9.17, 15) is 0 Å². The summed E-state index contributed by atoms with van der Waals surface area (Å²) in [5.41, 5.74) is 0.568. The molecule has 0 spiro atoms. The van der Waals surface area contributed by atoms with Gasteiger partial charge in [-0.3, -0.25) is 4.90 Å². The highest BCUT2D eigenvalue weighted by molar-refractivity contribution is 4.92. The Bertz CT molecular complexity index is 243. The molecule has 2 rings (SSSR count). The molecule has 1 N–H and O–H groups in total. The molecule has 0 bridgehead atoms. The Kier molecular flexibility index (Phi) is 5.08. The molecule has 18 heavy (non-hydrogen) atoms. The summed E-state index contributed by atoms with van der Waals surface area (Å²) in [5, 5.41) is 3.47. The second kappa shape index (κ2) is 6.38. The lowest BCUT2D eigenvalue weighted by molar-refractivity contribution is 0.0808. The zero-order valence-electron chi connectivity index (χ0n) is 12.7. The molecule has 2 nitrogen and oxygen atoms in total. The van der Waals surface area contributed by atoms with Gasteiger partial charge in [0, 0.05) is 19.1 Å². The standard InChI is InChI=1S/C16H32N2/c1-4-15-6-5-11-18(15)13-16(12-17-3)9-7-14(2)8-10-16/h14-15,17H,4-13H2,1-3H3. The van der Waals surface area contributed by atoms with Crippen molar-refractivity contribution in [2.75, 3.05) is 26.7 Å². The molecule has 2 fully saturated rings. The van der Waals surface area contributed by atoms with E-state index in [4.69, 9.17) is 0 Å². The summed E-state index contributed by atoms with van der Waals surface area (Å²) >= 11 is 0. The number of nitrogens with zero attached hydrogens (tertiary/aromatic N) is 1. The average Bonchev–Trinajstić information content (AvgIpc) is 2.80. The zero-order chi connectivity index (χ0) is 13.0. The monoisotopic (exact) mass is 252 g/mol. The van der Waals surface area contributed by atoms with E-state index in [2.05, 4.69) is 31.1 Å². The Balaban J connectivity index is 1.97. The van der Waals surface area contributed by atoms with Crippen LogP contribution in [0.15, 0.2) is 0 Å². The molecule has 1 unspecified atom stereocenters. The Labute approximate surface area is 114 Å². The van der Waals surface area contributed by atoms with Gasteiger partial charge in [0.25, 0.3) is 0 Å². The van der Waals surface area contributed by atoms with Gasteiger partial charge in [-0.1, -0.05) is 26.7 Å². The van der Waals surface area contributed by atoms with E-state index in [0.717, 1.165) is 12.0 Å². The van der Waals surface area contributed by atoms with E-state index in [1.807, 2.05) is 0 Å². The number of hydrogen-bond acceptors (Lipinski definition) is 2. The fraction of sp³-hybridized carbons (Fsp3) is 1.00. The highest BCUT2D eigenvalue weighted by atomic mass is 15.2. The predicted molar refractivity (Wildman–Crippen MR) is 78.9 cm³/mol. The van der Waals surface area contributed by atoms with Crippen LogP contribution in [0.5, 0.6) is 0 Å². The van der Waals surface area contributed by atoms with E-state index < -0.39 is 0 Å². The lowest BCUT2D eigenvalue weighted by Crippen LogP contribution is -2.46. The molecule has 1 heterocycles. The molecule has 0 radical (unpaired) electrons. The fourth-order valence-corrected chi connectivity index (χ4v) is 4.14. The largest absolute Gasteiger partial charge is 0.319 e. The van der Waals surface area contributed by atoms with Crippen molar-refractivity contribution in [3.63, 3.8) is 0 Å². The summed E-state index contributed by atoms with van der Waals surface area (Å²) in [4.78, 5) is 2.80. The van der Waals surface area contributed by atoms with Gasteiger partial charge >= 0.3 is 0 Å². The van der Waals surface area contributed by atoms with Gasteiger partial charge in [0.15, 0.2) is 0 Å². The molecule has 1 aliphatic carbocycles. The van der Waals surface area contributed by atoms with Gasteiger partial charge < -0.3 is 5.32 Å². The number of rotatable bonds is 5. The molecule has 0 amide bonds. The molecular weight excluding hydrogens is 220 g/mol. The molecule has 1 saturated heterocycles. The quantitative estimate of drug-likeness (QED) is 0.808. The van der Waals surface area contributed by atoms with Crippen LogP contribution < -0.4 is 5.32 Å². The van der Waals surface area contributed by atoms with Gasteiger partial charge in [-0.15, -0.1) is 0 Å². The predicted octanol–water partition coefficient (Wildman–Crippen LogP) is 3.28. The van der Waals surface area contributed by atoms with Crippen LogP contribution in [-0.2, 0) is 0 Å². The third-order valence-corrected chi connectivity index (χ3v) is 5.40. The molecule has 2 heteroatoms. The van der Waals surface area contributed by atoms with Crippen molar-refractivity contribution in [3.05, 3.63) is 0 Å². The summed E-state index contributed by atoms with van der Waals surface area (Å²) in [5.74, 6) is 0.954. The van der Waals surface area contributed by atoms with Crippen LogP contribution in [0.2, 0.25) is 0 Å². The third-order valence-electron chi connectivity index (χ3n) is 5.40. The first kappa shape index (κ1) is 14.3. The number of hydrogen-bond donors (Lipinski definition) is 1. The maximum atomic E-state index is 3.47. The highest BCUT2D eigenvalue weighted by Crippen LogP contribution is 2.40. The van der Waals surface area contributed by atoms with Crippen molar-refractivity contribution in [2.45, 2.75) is 64.8 Å². The van der Waals surface area contributed by atoms with E-state index in [-0.39, 0.29) is 0 Å². The van der Waals surface area contributed by atoms with Crippen molar-refractivity contribution < 1.29 is 0 Å². The minimum Gasteiger partial charge on any atom is -0.319 e. The smallest absolute Gasteiger partial charge is 0.00933 e. The average molecular weight is 252 g/mol. The van der Waals surface area contributed by atoms with Crippen LogP contribution in [0.25, 0.3) is 0 Å². The summed E-state index contributed by atoms with van der Waals surface area (Å²) < 4.78 is 0. The summed E-state index contributed by atoms with van der Waals surface area (Å²) in [6.45, 7) is 8.69. The Morgan fingerprint density at radius 3 is 2.56 bits per heavy atom. The van der Waals surface area contributed by atoms with Gasteiger partial charge in [0.05, 0.1) is 0 Å². The maximum Gasteiger partial charge on any atom is 0.00933 e. The van der Waals surface area contributed by atoms with Crippen molar-refractivity contribution >= 4 is 0 Å². The molecule has 0 aromatic carbocycles. The van der Waals surface area contributed by atoms with Crippen LogP contribution >= 0.6 is 0 Å². The fourth-order valence-electron chi connectivity index (χ4n) is 4.14. The van der Waals surface area contributed by atoms with Gasteiger partial charge in [-0.25, -0.2) is 0 Å². The molecule has 1 atom stereocenters. The third kappa shape index (κ3) is 3.27. The SMILES string of the molecule is CCC1CCCN1CC1(CNC)CCC(C)CC1. The van der Waals surface area contributed by atoms with Crippen molar-refractivity contribution in [1.29, 1.82) is 0 Å². The lowest BCUT2D eigenvalue weighted by atomic mass is 9.70. The molecule has 0 aromatic rings. The maximum absolute atomic E-state index is 3.47. The van der Waals surface area contributed by atoms with E-state index >= 15 is 0 Å². The van der Waals surface area contributed by atoms with E-state index in [1.54, 1.807) is 0 Å². The van der Waals surface area contributed by atoms with Crippen molar-refractivity contribution in [2.24, 2.45) is 11.3 Å². The van der Waals surface area contributed by atoms with Crippen LogP contribution in [0, 0.1) is 11.3 Å². The first-order valence-electron chi connectivity index (χ1n) is 8.08. The van der Waals surface area contributed by atoms with Crippen LogP contribution in [0.4, 0.5) is 0 Å². The second-order valence-electron chi connectivity index (χ2n) is 6.89. The van der Waals surface area contributed by atoms with Crippen LogP contribution in [0.3, 0.4) is 0 Å². The first-order valence-corrected chi connectivity index (χ1v) is 8.08. The molecule has 1 aliphatic heterocycles. The molecular formula is C16H32N2.